The zero-order chi connectivity index (χ0) is 13.8. The molecule has 0 spiro atoms. The molecule has 1 saturated carbocycles. The molecule has 2 atom stereocenters. The molecule has 5 heteroatoms. The minimum atomic E-state index is 0.438. The van der Waals surface area contributed by atoms with Crippen LogP contribution in [0.25, 0.3) is 0 Å². The first-order valence-electron chi connectivity index (χ1n) is 6.59. The first-order valence-corrected chi connectivity index (χ1v) is 8.84. The Morgan fingerprint density at radius 1 is 1.53 bits per heavy atom. The van der Waals surface area contributed by atoms with Crippen LogP contribution < -0.4 is 11.1 Å². The fourth-order valence-corrected chi connectivity index (χ4v) is 4.31. The van der Waals surface area contributed by atoms with Crippen LogP contribution in [0, 0.1) is 0 Å². The molecule has 1 aromatic rings. The zero-order valence-corrected chi connectivity index (χ0v) is 14.2. The molecule has 0 bridgehead atoms. The van der Waals surface area contributed by atoms with Crippen molar-refractivity contribution in [3.8, 4) is 0 Å². The van der Waals surface area contributed by atoms with Crippen molar-refractivity contribution in [1.82, 2.24) is 0 Å². The molecule has 1 aliphatic rings. The van der Waals surface area contributed by atoms with Crippen molar-refractivity contribution in [1.29, 1.82) is 0 Å². The van der Waals surface area contributed by atoms with Gasteiger partial charge in [-0.3, -0.25) is 0 Å². The van der Waals surface area contributed by atoms with Gasteiger partial charge in [0, 0.05) is 27.0 Å². The Hall–Kier alpha value is -0.260. The highest BCUT2D eigenvalue weighted by Gasteiger charge is 2.27. The number of anilines is 1. The highest BCUT2D eigenvalue weighted by atomic mass is 79.9. The van der Waals surface area contributed by atoms with Gasteiger partial charge < -0.3 is 11.1 Å². The average Bonchev–Trinajstić information content (AvgIpc) is 2.79. The van der Waals surface area contributed by atoms with Gasteiger partial charge in [0.05, 0.1) is 0 Å². The SMILES string of the molecule is CCSC1CCCC1Nc1ccc(C(N)=S)cc1Br. The standard InChI is InChI=1S/C14H19BrN2S2/c1-2-19-13-5-3-4-12(13)17-11-7-6-9(14(16)18)8-10(11)15/h6-8,12-13,17H,2-5H2,1H3,(H2,16,18). The predicted octanol–water partition coefficient (Wildman–Crippen LogP) is 4.17. The van der Waals surface area contributed by atoms with E-state index in [0.717, 1.165) is 21.0 Å². The van der Waals surface area contributed by atoms with Crippen LogP contribution in [0.1, 0.15) is 31.7 Å². The lowest BCUT2D eigenvalue weighted by Gasteiger charge is -2.22. The molecule has 0 aromatic heterocycles. The Morgan fingerprint density at radius 3 is 2.95 bits per heavy atom. The van der Waals surface area contributed by atoms with E-state index in [1.54, 1.807) is 0 Å². The van der Waals surface area contributed by atoms with Gasteiger partial charge in [0.1, 0.15) is 4.99 Å². The van der Waals surface area contributed by atoms with Gasteiger partial charge in [0.2, 0.25) is 0 Å². The molecule has 2 nitrogen and oxygen atoms in total. The van der Waals surface area contributed by atoms with Gasteiger partial charge >= 0.3 is 0 Å². The van der Waals surface area contributed by atoms with Crippen molar-refractivity contribution < 1.29 is 0 Å². The summed E-state index contributed by atoms with van der Waals surface area (Å²) in [5, 5.41) is 4.39. The van der Waals surface area contributed by atoms with E-state index in [2.05, 4.69) is 46.0 Å². The van der Waals surface area contributed by atoms with Gasteiger partial charge in [0.25, 0.3) is 0 Å². The number of hydrogen-bond donors (Lipinski definition) is 2. The van der Waals surface area contributed by atoms with E-state index in [1.807, 2.05) is 12.1 Å². The normalized spacial score (nSPS) is 22.4. The third kappa shape index (κ3) is 3.86. The number of nitrogens with one attached hydrogen (secondary N) is 1. The summed E-state index contributed by atoms with van der Waals surface area (Å²) in [5.74, 6) is 1.18. The minimum Gasteiger partial charge on any atom is -0.389 e. The molecule has 0 saturated heterocycles. The van der Waals surface area contributed by atoms with Crippen LogP contribution in [0.3, 0.4) is 0 Å². The average molecular weight is 359 g/mol. The van der Waals surface area contributed by atoms with E-state index >= 15 is 0 Å². The van der Waals surface area contributed by atoms with Gasteiger partial charge in [-0.1, -0.05) is 25.6 Å². The summed E-state index contributed by atoms with van der Waals surface area (Å²) in [6.07, 6.45) is 3.89. The van der Waals surface area contributed by atoms with Gasteiger partial charge in [-0.15, -0.1) is 0 Å². The Labute approximate surface area is 133 Å². The second kappa shape index (κ2) is 6.95. The number of thioether (sulfide) groups is 1. The maximum absolute atomic E-state index is 5.64. The van der Waals surface area contributed by atoms with Crippen LogP contribution in [0.15, 0.2) is 22.7 Å². The number of rotatable bonds is 5. The van der Waals surface area contributed by atoms with Crippen molar-refractivity contribution >= 4 is 50.6 Å². The molecule has 0 amide bonds. The van der Waals surface area contributed by atoms with Crippen LogP contribution in [0.2, 0.25) is 0 Å². The van der Waals surface area contributed by atoms with Gasteiger partial charge in [-0.25, -0.2) is 0 Å². The summed E-state index contributed by atoms with van der Waals surface area (Å²) < 4.78 is 1.03. The van der Waals surface area contributed by atoms with Crippen LogP contribution in [0.4, 0.5) is 5.69 Å². The lowest BCUT2D eigenvalue weighted by Crippen LogP contribution is -2.26. The molecule has 2 rings (SSSR count). The fourth-order valence-electron chi connectivity index (χ4n) is 2.49. The van der Waals surface area contributed by atoms with E-state index in [0.29, 0.717) is 11.0 Å². The van der Waals surface area contributed by atoms with Crippen molar-refractivity contribution in [3.63, 3.8) is 0 Å². The molecular weight excluding hydrogens is 340 g/mol. The second-order valence-electron chi connectivity index (χ2n) is 4.73. The molecule has 1 aliphatic carbocycles. The summed E-state index contributed by atoms with van der Waals surface area (Å²) in [7, 11) is 0. The number of thiocarbonyl (C=S) groups is 1. The summed E-state index contributed by atoms with van der Waals surface area (Å²) in [6, 6.07) is 6.59. The quantitative estimate of drug-likeness (QED) is 0.774. The van der Waals surface area contributed by atoms with Crippen molar-refractivity contribution in [2.24, 2.45) is 5.73 Å². The van der Waals surface area contributed by atoms with Crippen LogP contribution in [-0.2, 0) is 0 Å². The number of hydrogen-bond acceptors (Lipinski definition) is 3. The fraction of sp³-hybridized carbons (Fsp3) is 0.500. The lowest BCUT2D eigenvalue weighted by molar-refractivity contribution is 0.767. The highest BCUT2D eigenvalue weighted by Crippen LogP contribution is 2.34. The van der Waals surface area contributed by atoms with E-state index in [1.165, 1.54) is 25.0 Å². The van der Waals surface area contributed by atoms with E-state index in [-0.39, 0.29) is 0 Å². The number of halogens is 1. The minimum absolute atomic E-state index is 0.438. The highest BCUT2D eigenvalue weighted by molar-refractivity contribution is 9.10. The molecule has 0 aliphatic heterocycles. The van der Waals surface area contributed by atoms with Crippen molar-refractivity contribution in [2.75, 3.05) is 11.1 Å². The van der Waals surface area contributed by atoms with Gasteiger partial charge in [-0.2, -0.15) is 11.8 Å². The van der Waals surface area contributed by atoms with Gasteiger partial charge in [-0.05, 0) is 52.7 Å². The smallest absolute Gasteiger partial charge is 0.104 e. The molecule has 3 N–H and O–H groups in total. The Morgan fingerprint density at radius 2 is 2.32 bits per heavy atom. The topological polar surface area (TPSA) is 38.0 Å². The molecule has 1 aromatic carbocycles. The Kier molecular flexibility index (Phi) is 5.54. The maximum atomic E-state index is 5.64. The number of nitrogens with two attached hydrogens (primary N) is 1. The molecular formula is C14H19BrN2S2. The van der Waals surface area contributed by atoms with E-state index in [9.17, 15) is 0 Å². The summed E-state index contributed by atoms with van der Waals surface area (Å²) >= 11 is 10.7. The third-order valence-corrected chi connectivity index (χ3v) is 5.65. The summed E-state index contributed by atoms with van der Waals surface area (Å²) in [5.41, 5.74) is 7.68. The number of benzene rings is 1. The molecule has 104 valence electrons. The zero-order valence-electron chi connectivity index (χ0n) is 11.0. The van der Waals surface area contributed by atoms with E-state index < -0.39 is 0 Å². The molecule has 0 heterocycles. The molecule has 2 unspecified atom stereocenters. The monoisotopic (exact) mass is 358 g/mol. The van der Waals surface area contributed by atoms with Crippen LogP contribution in [-0.4, -0.2) is 22.0 Å². The Balaban J connectivity index is 2.08. The first kappa shape index (κ1) is 15.1. The second-order valence-corrected chi connectivity index (χ2v) is 7.54. The predicted molar refractivity (Wildman–Crippen MR) is 93.2 cm³/mol. The van der Waals surface area contributed by atoms with Crippen molar-refractivity contribution in [3.05, 3.63) is 28.2 Å². The third-order valence-electron chi connectivity index (χ3n) is 3.43. The summed E-state index contributed by atoms with van der Waals surface area (Å²) in [6.45, 7) is 2.23. The van der Waals surface area contributed by atoms with Crippen LogP contribution in [0.5, 0.6) is 0 Å². The van der Waals surface area contributed by atoms with E-state index in [4.69, 9.17) is 18.0 Å². The van der Waals surface area contributed by atoms with Crippen LogP contribution >= 0.6 is 39.9 Å². The summed E-state index contributed by atoms with van der Waals surface area (Å²) in [4.78, 5) is 0.438. The lowest BCUT2D eigenvalue weighted by atomic mass is 10.2. The molecule has 19 heavy (non-hydrogen) atoms. The Bertz CT molecular complexity index is 465. The largest absolute Gasteiger partial charge is 0.389 e. The molecule has 1 fully saturated rings. The van der Waals surface area contributed by atoms with Crippen molar-refractivity contribution in [2.45, 2.75) is 37.5 Å². The first-order chi connectivity index (χ1) is 9.11. The maximum Gasteiger partial charge on any atom is 0.104 e. The molecule has 0 radical (unpaired) electrons. The van der Waals surface area contributed by atoms with Gasteiger partial charge in [0.15, 0.2) is 0 Å².